The molecule has 1 atom stereocenters. The Hall–Kier alpha value is -1.38. The van der Waals surface area contributed by atoms with Gasteiger partial charge >= 0.3 is 5.97 Å². The molecule has 0 aliphatic rings. The molecular formula is C17H28O3. The van der Waals surface area contributed by atoms with Gasteiger partial charge in [0.05, 0.1) is 6.61 Å². The van der Waals surface area contributed by atoms with Crippen LogP contribution in [0.1, 0.15) is 60.8 Å². The monoisotopic (exact) mass is 280 g/mol. The fraction of sp³-hybridized carbons (Fsp3) is 0.647. The third-order valence-corrected chi connectivity index (χ3v) is 3.45. The van der Waals surface area contributed by atoms with Gasteiger partial charge in [0.1, 0.15) is 11.2 Å². The fourth-order valence-electron chi connectivity index (χ4n) is 1.73. The Kier molecular flexibility index (Phi) is 8.12. The van der Waals surface area contributed by atoms with Gasteiger partial charge < -0.3 is 4.74 Å². The molecule has 1 unspecified atom stereocenters. The van der Waals surface area contributed by atoms with Crippen molar-refractivity contribution in [3.63, 3.8) is 0 Å². The van der Waals surface area contributed by atoms with E-state index < -0.39 is 11.4 Å². The van der Waals surface area contributed by atoms with E-state index in [2.05, 4.69) is 19.9 Å². The molecular weight excluding hydrogens is 252 g/mol. The van der Waals surface area contributed by atoms with Crippen molar-refractivity contribution in [3.8, 4) is 0 Å². The number of allylic oxidation sites excluding steroid dienone is 4. The van der Waals surface area contributed by atoms with Crippen LogP contribution in [0, 0.1) is 5.41 Å². The molecule has 0 spiro atoms. The SMILES string of the molecule is CCOC(=O)C(C)(C/C=C(\C)CCC=C(C)C)C(C)=O. The zero-order valence-electron chi connectivity index (χ0n) is 13.7. The van der Waals surface area contributed by atoms with Crippen LogP contribution in [-0.2, 0) is 14.3 Å². The minimum Gasteiger partial charge on any atom is -0.465 e. The van der Waals surface area contributed by atoms with E-state index in [4.69, 9.17) is 4.74 Å². The zero-order valence-corrected chi connectivity index (χ0v) is 13.7. The molecule has 0 aliphatic heterocycles. The number of Topliss-reactive ketones (excluding diaryl/α,β-unsaturated/α-hetero) is 1. The molecule has 0 saturated carbocycles. The van der Waals surface area contributed by atoms with Crippen LogP contribution in [0.15, 0.2) is 23.3 Å². The lowest BCUT2D eigenvalue weighted by Gasteiger charge is -2.23. The lowest BCUT2D eigenvalue weighted by molar-refractivity contribution is -0.158. The van der Waals surface area contributed by atoms with Crippen LogP contribution in [0.4, 0.5) is 0 Å². The summed E-state index contributed by atoms with van der Waals surface area (Å²) in [6, 6.07) is 0. The van der Waals surface area contributed by atoms with Crippen LogP contribution in [0.3, 0.4) is 0 Å². The molecule has 114 valence electrons. The molecule has 0 aromatic rings. The molecule has 0 amide bonds. The van der Waals surface area contributed by atoms with Gasteiger partial charge in [0.2, 0.25) is 0 Å². The van der Waals surface area contributed by atoms with Crippen molar-refractivity contribution in [2.75, 3.05) is 6.61 Å². The summed E-state index contributed by atoms with van der Waals surface area (Å²) in [4.78, 5) is 23.7. The van der Waals surface area contributed by atoms with Crippen LogP contribution in [0.2, 0.25) is 0 Å². The quantitative estimate of drug-likeness (QED) is 0.380. The van der Waals surface area contributed by atoms with Crippen molar-refractivity contribution in [1.82, 2.24) is 0 Å². The first kappa shape index (κ1) is 18.6. The van der Waals surface area contributed by atoms with E-state index >= 15 is 0 Å². The van der Waals surface area contributed by atoms with Gasteiger partial charge in [-0.05, 0) is 60.8 Å². The molecule has 3 nitrogen and oxygen atoms in total. The van der Waals surface area contributed by atoms with E-state index in [9.17, 15) is 9.59 Å². The molecule has 0 rings (SSSR count). The van der Waals surface area contributed by atoms with Crippen LogP contribution in [0.25, 0.3) is 0 Å². The third kappa shape index (κ3) is 6.18. The number of ether oxygens (including phenoxy) is 1. The Morgan fingerprint density at radius 3 is 2.15 bits per heavy atom. The van der Waals surface area contributed by atoms with E-state index in [0.717, 1.165) is 12.8 Å². The summed E-state index contributed by atoms with van der Waals surface area (Å²) in [5, 5.41) is 0. The summed E-state index contributed by atoms with van der Waals surface area (Å²) in [6.45, 7) is 11.3. The predicted octanol–water partition coefficient (Wildman–Crippen LogP) is 4.23. The molecule has 0 radical (unpaired) electrons. The van der Waals surface area contributed by atoms with Crippen molar-refractivity contribution in [3.05, 3.63) is 23.3 Å². The zero-order chi connectivity index (χ0) is 15.8. The molecule has 0 aromatic heterocycles. The van der Waals surface area contributed by atoms with Crippen LogP contribution in [0.5, 0.6) is 0 Å². The summed E-state index contributed by atoms with van der Waals surface area (Å²) in [6.07, 6.45) is 6.51. The third-order valence-electron chi connectivity index (χ3n) is 3.45. The number of carbonyl (C=O) groups excluding carboxylic acids is 2. The van der Waals surface area contributed by atoms with Crippen molar-refractivity contribution in [2.45, 2.75) is 60.8 Å². The molecule has 0 bridgehead atoms. The number of carbonyl (C=O) groups is 2. The van der Waals surface area contributed by atoms with Crippen molar-refractivity contribution >= 4 is 11.8 Å². The van der Waals surface area contributed by atoms with Gasteiger partial charge in [-0.1, -0.05) is 23.3 Å². The van der Waals surface area contributed by atoms with Crippen molar-refractivity contribution in [2.24, 2.45) is 5.41 Å². The van der Waals surface area contributed by atoms with E-state index in [1.54, 1.807) is 13.8 Å². The number of rotatable bonds is 8. The Balaban J connectivity index is 4.72. The number of esters is 1. The molecule has 0 N–H and O–H groups in total. The highest BCUT2D eigenvalue weighted by Gasteiger charge is 2.38. The van der Waals surface area contributed by atoms with Gasteiger partial charge in [0, 0.05) is 0 Å². The molecule has 3 heteroatoms. The Morgan fingerprint density at radius 1 is 1.10 bits per heavy atom. The average molecular weight is 280 g/mol. The fourth-order valence-corrected chi connectivity index (χ4v) is 1.73. The topological polar surface area (TPSA) is 43.4 Å². The van der Waals surface area contributed by atoms with Crippen LogP contribution >= 0.6 is 0 Å². The molecule has 0 heterocycles. The minimum atomic E-state index is -1.06. The standard InChI is InChI=1S/C17H28O3/c1-7-20-16(19)17(6,15(5)18)12-11-14(4)10-8-9-13(2)3/h9,11H,7-8,10,12H2,1-6H3/b14-11+. The maximum atomic E-state index is 11.9. The first-order chi connectivity index (χ1) is 9.24. The summed E-state index contributed by atoms with van der Waals surface area (Å²) in [5.74, 6) is -0.579. The predicted molar refractivity (Wildman–Crippen MR) is 82.5 cm³/mol. The van der Waals surface area contributed by atoms with E-state index in [0.29, 0.717) is 13.0 Å². The Morgan fingerprint density at radius 2 is 1.70 bits per heavy atom. The van der Waals surface area contributed by atoms with Gasteiger partial charge in [-0.15, -0.1) is 0 Å². The Bertz CT molecular complexity index is 400. The first-order valence-electron chi connectivity index (χ1n) is 7.21. The largest absolute Gasteiger partial charge is 0.465 e. The lowest BCUT2D eigenvalue weighted by Crippen LogP contribution is -2.36. The van der Waals surface area contributed by atoms with E-state index in [1.807, 2.05) is 13.0 Å². The maximum Gasteiger partial charge on any atom is 0.319 e. The lowest BCUT2D eigenvalue weighted by atomic mass is 9.82. The van der Waals surface area contributed by atoms with Gasteiger partial charge in [-0.3, -0.25) is 9.59 Å². The van der Waals surface area contributed by atoms with E-state index in [1.165, 1.54) is 18.1 Å². The second-order valence-electron chi connectivity index (χ2n) is 5.68. The first-order valence-corrected chi connectivity index (χ1v) is 7.21. The molecule has 0 saturated heterocycles. The van der Waals surface area contributed by atoms with Crippen LogP contribution < -0.4 is 0 Å². The van der Waals surface area contributed by atoms with Gasteiger partial charge in [-0.25, -0.2) is 0 Å². The summed E-state index contributed by atoms with van der Waals surface area (Å²) < 4.78 is 5.01. The molecule has 20 heavy (non-hydrogen) atoms. The molecule has 0 fully saturated rings. The highest BCUT2D eigenvalue weighted by Crippen LogP contribution is 2.26. The summed E-state index contributed by atoms with van der Waals surface area (Å²) in [7, 11) is 0. The second kappa shape index (κ2) is 8.72. The highest BCUT2D eigenvalue weighted by molar-refractivity contribution is 6.02. The summed E-state index contributed by atoms with van der Waals surface area (Å²) >= 11 is 0. The van der Waals surface area contributed by atoms with Gasteiger partial charge in [-0.2, -0.15) is 0 Å². The maximum absolute atomic E-state index is 11.9. The smallest absolute Gasteiger partial charge is 0.319 e. The average Bonchev–Trinajstić information content (AvgIpc) is 2.35. The normalized spacial score (nSPS) is 14.4. The highest BCUT2D eigenvalue weighted by atomic mass is 16.5. The summed E-state index contributed by atoms with van der Waals surface area (Å²) in [5.41, 5.74) is 1.44. The van der Waals surface area contributed by atoms with Crippen molar-refractivity contribution < 1.29 is 14.3 Å². The van der Waals surface area contributed by atoms with Crippen LogP contribution in [-0.4, -0.2) is 18.4 Å². The number of ketones is 1. The number of hydrogen-bond donors (Lipinski definition) is 0. The molecule has 0 aromatic carbocycles. The van der Waals surface area contributed by atoms with Gasteiger partial charge in [0.15, 0.2) is 0 Å². The van der Waals surface area contributed by atoms with E-state index in [-0.39, 0.29) is 5.78 Å². The van der Waals surface area contributed by atoms with Crippen molar-refractivity contribution in [1.29, 1.82) is 0 Å². The number of hydrogen-bond acceptors (Lipinski definition) is 3. The second-order valence-corrected chi connectivity index (χ2v) is 5.68. The molecule has 0 aliphatic carbocycles. The minimum absolute atomic E-state index is 0.149. The Labute approximate surface area is 123 Å². The van der Waals surface area contributed by atoms with Gasteiger partial charge in [0.25, 0.3) is 0 Å².